The molecule has 0 aromatic heterocycles. The Morgan fingerprint density at radius 1 is 1.14 bits per heavy atom. The Balaban J connectivity index is 1.45. The van der Waals surface area contributed by atoms with Gasteiger partial charge in [0, 0.05) is 12.6 Å². The number of aliphatic hydroxyl groups is 1. The quantitative estimate of drug-likeness (QED) is 0.511. The summed E-state index contributed by atoms with van der Waals surface area (Å²) in [6, 6.07) is 8.41. The van der Waals surface area contributed by atoms with E-state index < -0.39 is 35.1 Å². The lowest BCUT2D eigenvalue weighted by Crippen LogP contribution is -2.59. The number of rotatable bonds is 8. The first-order valence-corrected chi connectivity index (χ1v) is 13.6. The van der Waals surface area contributed by atoms with Gasteiger partial charge in [0.15, 0.2) is 0 Å². The molecule has 3 saturated heterocycles. The maximum atomic E-state index is 14.0. The van der Waals surface area contributed by atoms with Gasteiger partial charge >= 0.3 is 0 Å². The summed E-state index contributed by atoms with van der Waals surface area (Å²) in [7, 11) is 0. The number of fused-ring (bicyclic) bond motifs is 1. The molecule has 1 aromatic rings. The number of benzene rings is 1. The number of carbonyl (C=O) groups excluding carboxylic acids is 3. The number of nitrogens with one attached hydrogen (secondary N) is 2. The van der Waals surface area contributed by atoms with Gasteiger partial charge in [0.1, 0.15) is 11.6 Å². The highest BCUT2D eigenvalue weighted by molar-refractivity contribution is 5.99. The molecule has 1 saturated carbocycles. The van der Waals surface area contributed by atoms with Gasteiger partial charge in [-0.3, -0.25) is 14.4 Å². The van der Waals surface area contributed by atoms with Crippen LogP contribution in [0, 0.1) is 11.8 Å². The molecule has 3 amide bonds. The standard InChI is InChI=1S/C28H39N3O5/c1-3-20(17-32)31-23(25(34)30-19-12-8-5-9-13-19)28-15-14-27(2,36-28)21(22(28)26(31)35)24(33)29-16-18-10-6-4-7-11-18/h4,6-7,10-11,19-23,32H,3,5,8-9,12-17H2,1-2H3,(H,29,33)(H,30,34)/t20-,21-,22-,23?,27+,28?/m0/s1. The molecular formula is C28H39N3O5. The number of carbonyl (C=O) groups is 3. The molecule has 3 aliphatic heterocycles. The van der Waals surface area contributed by atoms with Gasteiger partial charge in [-0.1, -0.05) is 56.5 Å². The number of likely N-dealkylation sites (tertiary alicyclic amines) is 1. The molecule has 2 unspecified atom stereocenters. The summed E-state index contributed by atoms with van der Waals surface area (Å²) in [6.07, 6.45) is 6.88. The van der Waals surface area contributed by atoms with Crippen molar-refractivity contribution in [3.8, 4) is 0 Å². The number of amides is 3. The summed E-state index contributed by atoms with van der Waals surface area (Å²) in [5, 5.41) is 16.4. The van der Waals surface area contributed by atoms with Gasteiger partial charge in [-0.25, -0.2) is 0 Å². The van der Waals surface area contributed by atoms with Gasteiger partial charge in [-0.15, -0.1) is 0 Å². The van der Waals surface area contributed by atoms with Crippen molar-refractivity contribution in [2.75, 3.05) is 6.61 Å². The summed E-state index contributed by atoms with van der Waals surface area (Å²) in [4.78, 5) is 43.1. The van der Waals surface area contributed by atoms with Gasteiger partial charge < -0.3 is 25.4 Å². The first-order valence-electron chi connectivity index (χ1n) is 13.6. The van der Waals surface area contributed by atoms with E-state index in [0.29, 0.717) is 25.8 Å². The Bertz CT molecular complexity index is 992. The molecule has 6 atom stereocenters. The van der Waals surface area contributed by atoms with Crippen LogP contribution < -0.4 is 10.6 Å². The Morgan fingerprint density at radius 3 is 2.53 bits per heavy atom. The maximum absolute atomic E-state index is 14.0. The third kappa shape index (κ3) is 4.02. The van der Waals surface area contributed by atoms with Crippen LogP contribution in [0.3, 0.4) is 0 Å². The highest BCUT2D eigenvalue weighted by Crippen LogP contribution is 2.63. The average molecular weight is 498 g/mol. The Kier molecular flexibility index (Phi) is 6.85. The number of hydrogen-bond donors (Lipinski definition) is 3. The lowest BCUT2D eigenvalue weighted by atomic mass is 9.66. The van der Waals surface area contributed by atoms with Crippen molar-refractivity contribution in [3.63, 3.8) is 0 Å². The van der Waals surface area contributed by atoms with E-state index in [-0.39, 0.29) is 30.4 Å². The molecule has 4 aliphatic rings. The fourth-order valence-electron chi connectivity index (χ4n) is 7.29. The van der Waals surface area contributed by atoms with E-state index in [0.717, 1.165) is 31.2 Å². The van der Waals surface area contributed by atoms with Crippen LogP contribution >= 0.6 is 0 Å². The predicted molar refractivity (Wildman–Crippen MR) is 134 cm³/mol. The van der Waals surface area contributed by atoms with Crippen LogP contribution in [0.2, 0.25) is 0 Å². The minimum atomic E-state index is -1.05. The SMILES string of the molecule is CC[C@@H](CO)N1C(=O)[C@@H]2[C@@H](C(=O)NCc3ccccc3)[C@@]3(C)CCC2(O3)C1C(=O)NC1CCCCC1. The minimum Gasteiger partial charge on any atom is -0.394 e. The minimum absolute atomic E-state index is 0.0898. The maximum Gasteiger partial charge on any atom is 0.246 e. The van der Waals surface area contributed by atoms with E-state index in [1.54, 1.807) is 4.90 Å². The molecule has 5 rings (SSSR count). The molecule has 1 aliphatic carbocycles. The van der Waals surface area contributed by atoms with Crippen LogP contribution in [0.25, 0.3) is 0 Å². The number of nitrogens with zero attached hydrogens (tertiary/aromatic N) is 1. The average Bonchev–Trinajstić information content (AvgIpc) is 3.46. The number of hydrogen-bond acceptors (Lipinski definition) is 5. The summed E-state index contributed by atoms with van der Waals surface area (Å²) < 4.78 is 6.65. The van der Waals surface area contributed by atoms with E-state index in [4.69, 9.17) is 4.74 Å². The molecule has 36 heavy (non-hydrogen) atoms. The van der Waals surface area contributed by atoms with Crippen LogP contribution in [0.4, 0.5) is 0 Å². The molecule has 3 heterocycles. The molecule has 4 fully saturated rings. The van der Waals surface area contributed by atoms with Gasteiger partial charge in [0.25, 0.3) is 0 Å². The van der Waals surface area contributed by atoms with Gasteiger partial charge in [-0.05, 0) is 44.6 Å². The second kappa shape index (κ2) is 9.78. The molecule has 2 bridgehead atoms. The van der Waals surface area contributed by atoms with Crippen LogP contribution in [0.1, 0.15) is 70.8 Å². The molecule has 0 radical (unpaired) electrons. The van der Waals surface area contributed by atoms with E-state index in [1.165, 1.54) is 6.42 Å². The van der Waals surface area contributed by atoms with Crippen LogP contribution in [0.5, 0.6) is 0 Å². The van der Waals surface area contributed by atoms with Gasteiger partial charge in [-0.2, -0.15) is 0 Å². The van der Waals surface area contributed by atoms with Crippen molar-refractivity contribution in [2.24, 2.45) is 11.8 Å². The van der Waals surface area contributed by atoms with Crippen molar-refractivity contribution >= 4 is 17.7 Å². The molecule has 8 nitrogen and oxygen atoms in total. The second-order valence-electron chi connectivity index (χ2n) is 11.3. The monoisotopic (exact) mass is 497 g/mol. The summed E-state index contributed by atoms with van der Waals surface area (Å²) in [6.45, 7) is 3.94. The normalized spacial score (nSPS) is 34.5. The third-order valence-electron chi connectivity index (χ3n) is 9.08. The summed E-state index contributed by atoms with van der Waals surface area (Å²) >= 11 is 0. The van der Waals surface area contributed by atoms with Gasteiger partial charge in [0.2, 0.25) is 17.7 Å². The van der Waals surface area contributed by atoms with E-state index in [1.807, 2.05) is 44.2 Å². The van der Waals surface area contributed by atoms with Crippen molar-refractivity contribution in [1.29, 1.82) is 0 Å². The first-order chi connectivity index (χ1) is 17.3. The zero-order valence-corrected chi connectivity index (χ0v) is 21.4. The fourth-order valence-corrected chi connectivity index (χ4v) is 7.29. The van der Waals surface area contributed by atoms with Crippen LogP contribution in [-0.4, -0.2) is 63.7 Å². The highest BCUT2D eigenvalue weighted by Gasteiger charge is 2.78. The van der Waals surface area contributed by atoms with Crippen LogP contribution in [-0.2, 0) is 25.7 Å². The predicted octanol–water partition coefficient (Wildman–Crippen LogP) is 2.29. The molecular weight excluding hydrogens is 458 g/mol. The van der Waals surface area contributed by atoms with Crippen molar-refractivity contribution in [2.45, 2.75) is 101 Å². The fraction of sp³-hybridized carbons (Fsp3) is 0.679. The summed E-state index contributed by atoms with van der Waals surface area (Å²) in [5.41, 5.74) is -0.885. The first kappa shape index (κ1) is 25.2. The molecule has 8 heteroatoms. The molecule has 3 N–H and O–H groups in total. The number of aliphatic hydroxyl groups excluding tert-OH is 1. The van der Waals surface area contributed by atoms with Crippen LogP contribution in [0.15, 0.2) is 30.3 Å². The lowest BCUT2D eigenvalue weighted by Gasteiger charge is -2.37. The molecule has 1 spiro atoms. The van der Waals surface area contributed by atoms with E-state index >= 15 is 0 Å². The van der Waals surface area contributed by atoms with Gasteiger partial charge in [0.05, 0.1) is 30.1 Å². The Morgan fingerprint density at radius 2 is 1.86 bits per heavy atom. The smallest absolute Gasteiger partial charge is 0.246 e. The highest BCUT2D eigenvalue weighted by atomic mass is 16.5. The van der Waals surface area contributed by atoms with Crippen molar-refractivity contribution in [3.05, 3.63) is 35.9 Å². The molecule has 196 valence electrons. The van der Waals surface area contributed by atoms with E-state index in [2.05, 4.69) is 10.6 Å². The Labute approximate surface area is 213 Å². The van der Waals surface area contributed by atoms with E-state index in [9.17, 15) is 19.5 Å². The summed E-state index contributed by atoms with van der Waals surface area (Å²) in [5.74, 6) is -2.10. The second-order valence-corrected chi connectivity index (χ2v) is 11.3. The van der Waals surface area contributed by atoms with Crippen molar-refractivity contribution in [1.82, 2.24) is 15.5 Å². The van der Waals surface area contributed by atoms with Crippen molar-refractivity contribution < 1.29 is 24.2 Å². The zero-order chi connectivity index (χ0) is 25.5. The zero-order valence-electron chi connectivity index (χ0n) is 21.4. The largest absolute Gasteiger partial charge is 0.394 e. The topological polar surface area (TPSA) is 108 Å². The lowest BCUT2D eigenvalue weighted by molar-refractivity contribution is -0.150. The Hall–Kier alpha value is -2.45. The number of ether oxygens (including phenoxy) is 1. The molecule has 1 aromatic carbocycles. The third-order valence-corrected chi connectivity index (χ3v) is 9.08.